The molecule has 0 aliphatic heterocycles. The fraction of sp³-hybridized carbons (Fsp3) is 0.111. The maximum absolute atomic E-state index is 14.3. The molecule has 0 aliphatic rings. The van der Waals surface area contributed by atoms with Gasteiger partial charge in [-0.2, -0.15) is 13.9 Å². The number of alkyl halides is 3. The highest BCUT2D eigenvalue weighted by Gasteiger charge is 2.40. The molecule has 0 saturated carbocycles. The Hall–Kier alpha value is -2.66. The molecule has 0 unspecified atom stereocenters. The van der Waals surface area contributed by atoms with E-state index in [9.17, 15) is 31.1 Å². The first-order valence-electron chi connectivity index (χ1n) is 7.99. The van der Waals surface area contributed by atoms with Gasteiger partial charge in [0.15, 0.2) is 17.3 Å². The largest absolute Gasteiger partial charge is 0.368 e. The Morgan fingerprint density at radius 3 is 2.10 bits per heavy atom. The number of aryl methyl sites for hydroxylation is 1. The molecule has 3 rings (SSSR count). The van der Waals surface area contributed by atoms with Crippen LogP contribution in [0.3, 0.4) is 0 Å². The lowest BCUT2D eigenvalue weighted by Gasteiger charge is -2.21. The predicted molar refractivity (Wildman–Crippen MR) is 98.0 cm³/mol. The van der Waals surface area contributed by atoms with Crippen LogP contribution in [0, 0.1) is 23.3 Å². The average Bonchev–Trinajstić information content (AvgIpc) is 2.96. The fourth-order valence-corrected chi connectivity index (χ4v) is 3.70. The van der Waals surface area contributed by atoms with Gasteiger partial charge in [0.1, 0.15) is 28.0 Å². The molecule has 0 spiro atoms. The quantitative estimate of drug-likeness (QED) is 0.266. The number of amides is 1. The van der Waals surface area contributed by atoms with E-state index in [1.807, 2.05) is 0 Å². The van der Waals surface area contributed by atoms with Crippen molar-refractivity contribution >= 4 is 41.1 Å². The van der Waals surface area contributed by atoms with Crippen molar-refractivity contribution in [1.29, 1.82) is 0 Å². The molecule has 0 N–H and O–H groups in total. The van der Waals surface area contributed by atoms with Crippen LogP contribution in [0.2, 0.25) is 0 Å². The Bertz CT molecular complexity index is 1080. The molecule has 0 bridgehead atoms. The SMILES string of the molecule is Cn1nc(C(F)(F)Cl)c(N(C=O)c2c(F)cc(F)cc2F)c1Sc1ccc(F)cc1. The normalized spacial score (nSPS) is 11.6. The van der Waals surface area contributed by atoms with Crippen molar-refractivity contribution in [3.05, 3.63) is 65.4 Å². The topological polar surface area (TPSA) is 38.1 Å². The van der Waals surface area contributed by atoms with Gasteiger partial charge >= 0.3 is 5.38 Å². The molecular formula is C18H10ClF6N3OS. The molecule has 30 heavy (non-hydrogen) atoms. The highest BCUT2D eigenvalue weighted by atomic mass is 35.5. The van der Waals surface area contributed by atoms with Crippen LogP contribution in [0.1, 0.15) is 5.69 Å². The Morgan fingerprint density at radius 1 is 1.03 bits per heavy atom. The number of rotatable bonds is 6. The van der Waals surface area contributed by atoms with E-state index in [0.29, 0.717) is 4.90 Å². The molecule has 12 heteroatoms. The second-order valence-corrected chi connectivity index (χ2v) is 7.41. The standard InChI is InChI=1S/C18H10ClF6N3OS/c1-27-17(30-11-4-2-9(20)3-5-11)15(16(26-27)18(19,24)25)28(8-29)14-12(22)6-10(21)7-13(14)23/h2-8H,1H3. The maximum Gasteiger partial charge on any atom is 0.368 e. The van der Waals surface area contributed by atoms with Crippen LogP contribution in [-0.4, -0.2) is 16.2 Å². The van der Waals surface area contributed by atoms with E-state index in [0.717, 1.165) is 28.6 Å². The minimum Gasteiger partial charge on any atom is -0.278 e. The van der Waals surface area contributed by atoms with E-state index in [2.05, 4.69) is 5.10 Å². The summed E-state index contributed by atoms with van der Waals surface area (Å²) in [5.41, 5.74) is -2.97. The van der Waals surface area contributed by atoms with E-state index in [1.54, 1.807) is 0 Å². The number of halogens is 7. The number of hydrogen-bond acceptors (Lipinski definition) is 3. The van der Waals surface area contributed by atoms with Crippen molar-refractivity contribution in [2.45, 2.75) is 15.3 Å². The minimum atomic E-state index is -4.12. The number of benzene rings is 2. The van der Waals surface area contributed by atoms with Gasteiger partial charge in [-0.25, -0.2) is 17.6 Å². The molecule has 0 aliphatic carbocycles. The first kappa shape index (κ1) is 22.0. The maximum atomic E-state index is 14.3. The molecule has 0 atom stereocenters. The van der Waals surface area contributed by atoms with Crippen LogP contribution in [0.25, 0.3) is 0 Å². The number of anilines is 2. The molecule has 3 aromatic rings. The molecule has 1 heterocycles. The summed E-state index contributed by atoms with van der Waals surface area (Å²) < 4.78 is 84.0. The van der Waals surface area contributed by atoms with Gasteiger partial charge in [-0.3, -0.25) is 14.4 Å². The summed E-state index contributed by atoms with van der Waals surface area (Å²) in [6.45, 7) is 0. The molecule has 1 amide bonds. The van der Waals surface area contributed by atoms with Gasteiger partial charge in [0.2, 0.25) is 6.41 Å². The van der Waals surface area contributed by atoms with Crippen molar-refractivity contribution in [3.63, 3.8) is 0 Å². The smallest absolute Gasteiger partial charge is 0.278 e. The van der Waals surface area contributed by atoms with Crippen molar-refractivity contribution in [2.24, 2.45) is 7.05 Å². The third kappa shape index (κ3) is 4.26. The van der Waals surface area contributed by atoms with Crippen molar-refractivity contribution in [3.8, 4) is 0 Å². The number of aromatic nitrogens is 2. The lowest BCUT2D eigenvalue weighted by Crippen LogP contribution is -2.21. The molecule has 4 nitrogen and oxygen atoms in total. The summed E-state index contributed by atoms with van der Waals surface area (Å²) >= 11 is 5.87. The third-order valence-electron chi connectivity index (χ3n) is 3.84. The van der Waals surface area contributed by atoms with Gasteiger partial charge < -0.3 is 0 Å². The van der Waals surface area contributed by atoms with Gasteiger partial charge in [0.05, 0.1) is 0 Å². The first-order chi connectivity index (χ1) is 14.0. The molecule has 1 aromatic heterocycles. The highest BCUT2D eigenvalue weighted by molar-refractivity contribution is 7.99. The van der Waals surface area contributed by atoms with Gasteiger partial charge in [-0.1, -0.05) is 11.8 Å². The molecule has 158 valence electrons. The summed E-state index contributed by atoms with van der Waals surface area (Å²) in [7, 11) is 1.24. The summed E-state index contributed by atoms with van der Waals surface area (Å²) in [5, 5.41) is -0.695. The van der Waals surface area contributed by atoms with Crippen LogP contribution >= 0.6 is 23.4 Å². The second kappa shape index (κ2) is 8.23. The van der Waals surface area contributed by atoms with Crippen LogP contribution in [0.5, 0.6) is 0 Å². The van der Waals surface area contributed by atoms with E-state index < -0.39 is 45.7 Å². The van der Waals surface area contributed by atoms with Crippen LogP contribution in [-0.2, 0) is 17.2 Å². The van der Waals surface area contributed by atoms with Crippen molar-refractivity contribution in [1.82, 2.24) is 9.78 Å². The van der Waals surface area contributed by atoms with E-state index in [1.165, 1.54) is 19.2 Å². The number of carbonyl (C=O) groups is 1. The van der Waals surface area contributed by atoms with E-state index in [-0.39, 0.29) is 28.5 Å². The summed E-state index contributed by atoms with van der Waals surface area (Å²) in [6, 6.07) is 5.42. The zero-order valence-electron chi connectivity index (χ0n) is 14.8. The number of hydrogen-bond donors (Lipinski definition) is 0. The van der Waals surface area contributed by atoms with Crippen LogP contribution in [0.15, 0.2) is 46.3 Å². The molecule has 2 aromatic carbocycles. The number of carbonyl (C=O) groups excluding carboxylic acids is 1. The van der Waals surface area contributed by atoms with Crippen molar-refractivity contribution < 1.29 is 31.1 Å². The fourth-order valence-electron chi connectivity index (χ4n) is 2.62. The van der Waals surface area contributed by atoms with Crippen molar-refractivity contribution in [2.75, 3.05) is 4.90 Å². The van der Waals surface area contributed by atoms with Gasteiger partial charge in [-0.15, -0.1) is 0 Å². The summed E-state index contributed by atoms with van der Waals surface area (Å²) in [4.78, 5) is 12.3. The highest BCUT2D eigenvalue weighted by Crippen LogP contribution is 2.47. The molecule has 0 radical (unpaired) electrons. The summed E-state index contributed by atoms with van der Waals surface area (Å²) in [6.07, 6.45) is -0.128. The Labute approximate surface area is 175 Å². The Morgan fingerprint density at radius 2 is 1.60 bits per heavy atom. The summed E-state index contributed by atoms with van der Waals surface area (Å²) in [5.74, 6) is -4.84. The molecule has 0 saturated heterocycles. The van der Waals surface area contributed by atoms with E-state index in [4.69, 9.17) is 11.6 Å². The van der Waals surface area contributed by atoms with Crippen LogP contribution < -0.4 is 4.90 Å². The first-order valence-corrected chi connectivity index (χ1v) is 9.19. The minimum absolute atomic E-state index is 0.128. The zero-order chi connectivity index (χ0) is 22.2. The average molecular weight is 466 g/mol. The third-order valence-corrected chi connectivity index (χ3v) is 5.17. The monoisotopic (exact) mass is 465 g/mol. The Kier molecular flexibility index (Phi) is 6.04. The van der Waals surface area contributed by atoms with E-state index >= 15 is 0 Å². The van der Waals surface area contributed by atoms with Gasteiger partial charge in [0, 0.05) is 24.1 Å². The van der Waals surface area contributed by atoms with Gasteiger partial charge in [0.25, 0.3) is 0 Å². The lowest BCUT2D eigenvalue weighted by molar-refractivity contribution is -0.106. The molecule has 0 fully saturated rings. The number of nitrogens with zero attached hydrogens (tertiary/aromatic N) is 3. The zero-order valence-corrected chi connectivity index (χ0v) is 16.4. The van der Waals surface area contributed by atoms with Crippen LogP contribution in [0.4, 0.5) is 37.7 Å². The lowest BCUT2D eigenvalue weighted by atomic mass is 10.2. The predicted octanol–water partition coefficient (Wildman–Crippen LogP) is 5.71. The molecular weight excluding hydrogens is 456 g/mol. The Balaban J connectivity index is 2.25. The second-order valence-electron chi connectivity index (χ2n) is 5.87. The van der Waals surface area contributed by atoms with Gasteiger partial charge in [-0.05, 0) is 35.9 Å².